The second-order valence-corrected chi connectivity index (χ2v) is 7.47. The first-order valence-electron chi connectivity index (χ1n) is 9.17. The number of halogens is 3. The molecule has 0 spiro atoms. The molecule has 2 saturated heterocycles. The summed E-state index contributed by atoms with van der Waals surface area (Å²) in [5.41, 5.74) is 0. The van der Waals surface area contributed by atoms with Gasteiger partial charge in [-0.2, -0.15) is 13.2 Å². The number of fused-ring (bicyclic) bond motifs is 1. The van der Waals surface area contributed by atoms with Gasteiger partial charge < -0.3 is 15.0 Å². The van der Waals surface area contributed by atoms with Crippen LogP contribution in [0.3, 0.4) is 0 Å². The van der Waals surface area contributed by atoms with E-state index in [1.54, 1.807) is 0 Å². The highest BCUT2D eigenvalue weighted by atomic mass is 19.4. The molecule has 3 fully saturated rings. The molecule has 4 atom stereocenters. The number of alkyl halides is 3. The number of nitrogens with one attached hydrogen (secondary N) is 1. The molecule has 0 unspecified atom stereocenters. The van der Waals surface area contributed by atoms with Crippen molar-refractivity contribution in [1.82, 2.24) is 10.2 Å². The summed E-state index contributed by atoms with van der Waals surface area (Å²) in [6.07, 6.45) is 4.37. The summed E-state index contributed by atoms with van der Waals surface area (Å²) in [5, 5.41) is 3.64. The molecule has 0 radical (unpaired) electrons. The van der Waals surface area contributed by atoms with E-state index in [0.717, 1.165) is 44.7 Å². The molecule has 3 nitrogen and oxygen atoms in total. The van der Waals surface area contributed by atoms with Gasteiger partial charge in [-0.05, 0) is 57.5 Å². The fourth-order valence-corrected chi connectivity index (χ4v) is 4.56. The Labute approximate surface area is 136 Å². The predicted molar refractivity (Wildman–Crippen MR) is 83.4 cm³/mol. The standard InChI is InChI=1S/C17H29F3N2O/c18-17(19,20)12-23-16-6-2-1-4-13(16)11-21-14-7-9-22-8-3-5-15(22)10-14/h13-16,21H,1-12H2/t13-,14+,15+,16-/m1/s1. The molecule has 0 bridgehead atoms. The molecule has 0 aromatic heterocycles. The van der Waals surface area contributed by atoms with Gasteiger partial charge in [-0.25, -0.2) is 0 Å². The average Bonchev–Trinajstić information content (AvgIpc) is 2.98. The number of ether oxygens (including phenoxy) is 1. The summed E-state index contributed by atoms with van der Waals surface area (Å²) >= 11 is 0. The molecule has 1 saturated carbocycles. The molecular weight excluding hydrogens is 305 g/mol. The van der Waals surface area contributed by atoms with E-state index in [1.165, 1.54) is 32.4 Å². The topological polar surface area (TPSA) is 24.5 Å². The average molecular weight is 334 g/mol. The van der Waals surface area contributed by atoms with Crippen LogP contribution in [0.5, 0.6) is 0 Å². The lowest BCUT2D eigenvalue weighted by Crippen LogP contribution is -2.48. The molecule has 3 aliphatic rings. The van der Waals surface area contributed by atoms with Gasteiger partial charge >= 0.3 is 6.18 Å². The minimum absolute atomic E-state index is 0.229. The summed E-state index contributed by atoms with van der Waals surface area (Å²) in [6.45, 7) is 2.11. The Bertz CT molecular complexity index is 377. The van der Waals surface area contributed by atoms with Gasteiger partial charge in [0.25, 0.3) is 0 Å². The molecule has 2 heterocycles. The van der Waals surface area contributed by atoms with Crippen LogP contribution in [0.25, 0.3) is 0 Å². The van der Waals surface area contributed by atoms with Gasteiger partial charge in [-0.15, -0.1) is 0 Å². The van der Waals surface area contributed by atoms with Crippen LogP contribution in [0.2, 0.25) is 0 Å². The summed E-state index contributed by atoms with van der Waals surface area (Å²) in [4.78, 5) is 2.59. The van der Waals surface area contributed by atoms with Crippen LogP contribution in [-0.2, 0) is 4.74 Å². The predicted octanol–water partition coefficient (Wildman–Crippen LogP) is 3.34. The van der Waals surface area contributed by atoms with Crippen molar-refractivity contribution in [3.8, 4) is 0 Å². The number of hydrogen-bond acceptors (Lipinski definition) is 3. The lowest BCUT2D eigenvalue weighted by atomic mass is 9.85. The Morgan fingerprint density at radius 1 is 1.00 bits per heavy atom. The number of hydrogen-bond donors (Lipinski definition) is 1. The van der Waals surface area contributed by atoms with Crippen molar-refractivity contribution in [2.45, 2.75) is 75.7 Å². The maximum atomic E-state index is 12.4. The number of piperidine rings is 1. The Balaban J connectivity index is 1.43. The van der Waals surface area contributed by atoms with Crippen molar-refractivity contribution in [3.63, 3.8) is 0 Å². The Morgan fingerprint density at radius 2 is 1.83 bits per heavy atom. The zero-order chi connectivity index (χ0) is 16.3. The fraction of sp³-hybridized carbons (Fsp3) is 1.00. The highest BCUT2D eigenvalue weighted by molar-refractivity contribution is 4.90. The zero-order valence-electron chi connectivity index (χ0n) is 13.8. The fourth-order valence-electron chi connectivity index (χ4n) is 4.56. The van der Waals surface area contributed by atoms with Crippen molar-refractivity contribution in [2.75, 3.05) is 26.2 Å². The van der Waals surface area contributed by atoms with Crippen LogP contribution in [-0.4, -0.2) is 55.5 Å². The van der Waals surface area contributed by atoms with E-state index >= 15 is 0 Å². The van der Waals surface area contributed by atoms with Crippen LogP contribution >= 0.6 is 0 Å². The molecular formula is C17H29F3N2O. The first-order valence-corrected chi connectivity index (χ1v) is 9.17. The lowest BCUT2D eigenvalue weighted by molar-refractivity contribution is -0.193. The maximum Gasteiger partial charge on any atom is 0.411 e. The van der Waals surface area contributed by atoms with Gasteiger partial charge in [0.05, 0.1) is 6.10 Å². The van der Waals surface area contributed by atoms with Crippen LogP contribution in [0.4, 0.5) is 13.2 Å². The summed E-state index contributed by atoms with van der Waals surface area (Å²) < 4.78 is 42.4. The van der Waals surface area contributed by atoms with Crippen molar-refractivity contribution in [1.29, 1.82) is 0 Å². The highest BCUT2D eigenvalue weighted by Gasteiger charge is 2.34. The van der Waals surface area contributed by atoms with Crippen LogP contribution in [0.15, 0.2) is 0 Å². The molecule has 0 aromatic carbocycles. The van der Waals surface area contributed by atoms with E-state index in [1.807, 2.05) is 0 Å². The molecule has 23 heavy (non-hydrogen) atoms. The third-order valence-electron chi connectivity index (χ3n) is 5.79. The SMILES string of the molecule is FC(F)(F)CO[C@@H]1CCCC[C@@H]1CN[C@H]1CCN2CCC[C@H]2C1. The van der Waals surface area contributed by atoms with Crippen molar-refractivity contribution >= 4 is 0 Å². The van der Waals surface area contributed by atoms with Crippen LogP contribution < -0.4 is 5.32 Å². The summed E-state index contributed by atoms with van der Waals surface area (Å²) in [6, 6.07) is 1.25. The highest BCUT2D eigenvalue weighted by Crippen LogP contribution is 2.30. The van der Waals surface area contributed by atoms with Gasteiger partial charge in [0, 0.05) is 18.6 Å². The summed E-state index contributed by atoms with van der Waals surface area (Å²) in [5.74, 6) is 0.229. The lowest BCUT2D eigenvalue weighted by Gasteiger charge is -2.37. The van der Waals surface area contributed by atoms with Crippen molar-refractivity contribution in [2.24, 2.45) is 5.92 Å². The maximum absolute atomic E-state index is 12.4. The van der Waals surface area contributed by atoms with Crippen molar-refractivity contribution < 1.29 is 17.9 Å². The van der Waals surface area contributed by atoms with Crippen LogP contribution in [0, 0.1) is 5.92 Å². The van der Waals surface area contributed by atoms with Crippen LogP contribution in [0.1, 0.15) is 51.4 Å². The number of nitrogens with zero attached hydrogens (tertiary/aromatic N) is 1. The van der Waals surface area contributed by atoms with Gasteiger partial charge in [0.2, 0.25) is 0 Å². The monoisotopic (exact) mass is 334 g/mol. The molecule has 0 amide bonds. The molecule has 1 N–H and O–H groups in total. The van der Waals surface area contributed by atoms with Gasteiger partial charge in [0.1, 0.15) is 6.61 Å². The van der Waals surface area contributed by atoms with Crippen molar-refractivity contribution in [3.05, 3.63) is 0 Å². The molecule has 1 aliphatic carbocycles. The van der Waals surface area contributed by atoms with E-state index in [9.17, 15) is 13.2 Å². The number of rotatable bonds is 5. The van der Waals surface area contributed by atoms with Gasteiger partial charge in [0.15, 0.2) is 0 Å². The Hall–Kier alpha value is -0.330. The summed E-state index contributed by atoms with van der Waals surface area (Å²) in [7, 11) is 0. The van der Waals surface area contributed by atoms with E-state index in [4.69, 9.17) is 4.74 Å². The Kier molecular flexibility index (Phi) is 5.86. The van der Waals surface area contributed by atoms with E-state index in [2.05, 4.69) is 10.2 Å². The minimum Gasteiger partial charge on any atom is -0.368 e. The third-order valence-corrected chi connectivity index (χ3v) is 5.79. The molecule has 2 aliphatic heterocycles. The second kappa shape index (κ2) is 7.70. The van der Waals surface area contributed by atoms with Gasteiger partial charge in [-0.3, -0.25) is 0 Å². The molecule has 3 rings (SSSR count). The normalized spacial score (nSPS) is 36.1. The largest absolute Gasteiger partial charge is 0.411 e. The van der Waals surface area contributed by atoms with E-state index in [0.29, 0.717) is 6.04 Å². The second-order valence-electron chi connectivity index (χ2n) is 7.47. The smallest absolute Gasteiger partial charge is 0.368 e. The molecule has 6 heteroatoms. The van der Waals surface area contributed by atoms with E-state index < -0.39 is 12.8 Å². The zero-order valence-corrected chi connectivity index (χ0v) is 13.8. The molecule has 0 aromatic rings. The first kappa shape index (κ1) is 17.5. The van der Waals surface area contributed by atoms with Gasteiger partial charge in [-0.1, -0.05) is 12.8 Å². The van der Waals surface area contributed by atoms with E-state index in [-0.39, 0.29) is 12.0 Å². The third kappa shape index (κ3) is 5.07. The quantitative estimate of drug-likeness (QED) is 0.834. The minimum atomic E-state index is -4.22. The Morgan fingerprint density at radius 3 is 2.65 bits per heavy atom. The first-order chi connectivity index (χ1) is 11.0. The molecule has 134 valence electrons.